The zero-order valence-corrected chi connectivity index (χ0v) is 16.2. The van der Waals surface area contributed by atoms with Gasteiger partial charge in [-0.2, -0.15) is 0 Å². The summed E-state index contributed by atoms with van der Waals surface area (Å²) in [6.45, 7) is 8.47. The van der Waals surface area contributed by atoms with Crippen molar-refractivity contribution in [1.29, 1.82) is 0 Å². The van der Waals surface area contributed by atoms with Crippen molar-refractivity contribution in [3.05, 3.63) is 24.3 Å². The molecule has 1 saturated carbocycles. The maximum absolute atomic E-state index is 12.6. The Bertz CT molecular complexity index is 644. The predicted octanol–water partition coefficient (Wildman–Crippen LogP) is 3.56. The van der Waals surface area contributed by atoms with E-state index in [0.29, 0.717) is 12.8 Å². The van der Waals surface area contributed by atoms with Crippen LogP contribution >= 0.6 is 0 Å². The lowest BCUT2D eigenvalue weighted by Crippen LogP contribution is -2.43. The monoisotopic (exact) mass is 357 g/mol. The summed E-state index contributed by atoms with van der Waals surface area (Å²) in [5, 5.41) is 5.88. The van der Waals surface area contributed by atoms with Gasteiger partial charge in [0.1, 0.15) is 5.41 Å². The van der Waals surface area contributed by atoms with E-state index in [0.717, 1.165) is 31.1 Å². The van der Waals surface area contributed by atoms with Crippen LogP contribution in [0.4, 0.5) is 11.4 Å². The van der Waals surface area contributed by atoms with E-state index in [1.54, 1.807) is 0 Å². The minimum atomic E-state index is -0.870. The predicted molar refractivity (Wildman–Crippen MR) is 105 cm³/mol. The van der Waals surface area contributed by atoms with Crippen LogP contribution in [0.3, 0.4) is 0 Å². The summed E-state index contributed by atoms with van der Waals surface area (Å²) in [6, 6.07) is 8.09. The lowest BCUT2D eigenvalue weighted by molar-refractivity contribution is -0.134. The zero-order chi connectivity index (χ0) is 18.7. The molecular weight excluding hydrogens is 326 g/mol. The molecule has 1 unspecified atom stereocenters. The van der Waals surface area contributed by atoms with Crippen molar-refractivity contribution in [3.63, 3.8) is 0 Å². The van der Waals surface area contributed by atoms with E-state index < -0.39 is 5.41 Å². The first-order valence-corrected chi connectivity index (χ1v) is 9.92. The average molecular weight is 357 g/mol. The maximum Gasteiger partial charge on any atom is 0.240 e. The summed E-state index contributed by atoms with van der Waals surface area (Å²) in [5.74, 6) is 0.488. The van der Waals surface area contributed by atoms with Gasteiger partial charge in [-0.15, -0.1) is 0 Å². The second-order valence-electron chi connectivity index (χ2n) is 8.04. The van der Waals surface area contributed by atoms with Crippen molar-refractivity contribution >= 4 is 23.2 Å². The molecule has 2 N–H and O–H groups in total. The molecule has 2 aliphatic rings. The molecule has 1 heterocycles. The Balaban J connectivity index is 1.58. The van der Waals surface area contributed by atoms with Gasteiger partial charge >= 0.3 is 0 Å². The summed E-state index contributed by atoms with van der Waals surface area (Å²) in [4.78, 5) is 27.5. The van der Waals surface area contributed by atoms with Crippen molar-refractivity contribution in [2.45, 2.75) is 58.9 Å². The largest absolute Gasteiger partial charge is 0.372 e. The third kappa shape index (κ3) is 4.02. The highest BCUT2D eigenvalue weighted by Crippen LogP contribution is 2.47. The average Bonchev–Trinajstić information content (AvgIpc) is 3.45. The molecule has 3 rings (SSSR count). The number of carbonyl (C=O) groups excluding carboxylic acids is 2. The molecule has 0 radical (unpaired) electrons. The van der Waals surface area contributed by atoms with E-state index in [-0.39, 0.29) is 17.9 Å². The standard InChI is InChI=1S/C21H31N3O2/c1-4-16(3)22-19(25)21(11-12-21)20(26)23-17-5-7-18(8-6-17)24-13-9-15(2)10-14-24/h5-8,15-16H,4,9-14H2,1-3H3,(H,22,25)(H,23,26). The first-order valence-electron chi connectivity index (χ1n) is 9.92. The summed E-state index contributed by atoms with van der Waals surface area (Å²) in [5.41, 5.74) is 1.09. The van der Waals surface area contributed by atoms with Gasteiger partial charge in [-0.25, -0.2) is 0 Å². The summed E-state index contributed by atoms with van der Waals surface area (Å²) < 4.78 is 0. The minimum absolute atomic E-state index is 0.0966. The van der Waals surface area contributed by atoms with E-state index in [1.807, 2.05) is 26.0 Å². The summed E-state index contributed by atoms with van der Waals surface area (Å²) in [7, 11) is 0. The van der Waals surface area contributed by atoms with Crippen LogP contribution in [0.1, 0.15) is 52.9 Å². The van der Waals surface area contributed by atoms with Crippen molar-refractivity contribution in [2.24, 2.45) is 11.3 Å². The zero-order valence-electron chi connectivity index (χ0n) is 16.2. The molecule has 0 aromatic heterocycles. The fourth-order valence-electron chi connectivity index (χ4n) is 3.42. The Morgan fingerprint density at radius 3 is 2.31 bits per heavy atom. The van der Waals surface area contributed by atoms with Crippen molar-refractivity contribution in [3.8, 4) is 0 Å². The fourth-order valence-corrected chi connectivity index (χ4v) is 3.42. The third-order valence-corrected chi connectivity index (χ3v) is 5.88. The quantitative estimate of drug-likeness (QED) is 0.765. The highest BCUT2D eigenvalue weighted by atomic mass is 16.2. The van der Waals surface area contributed by atoms with Gasteiger partial charge in [-0.1, -0.05) is 13.8 Å². The van der Waals surface area contributed by atoms with Crippen LogP contribution in [0.15, 0.2) is 24.3 Å². The Morgan fingerprint density at radius 2 is 1.77 bits per heavy atom. The van der Waals surface area contributed by atoms with E-state index in [4.69, 9.17) is 0 Å². The highest BCUT2D eigenvalue weighted by Gasteiger charge is 2.56. The number of hydrogen-bond donors (Lipinski definition) is 2. The van der Waals surface area contributed by atoms with Gasteiger partial charge in [0.2, 0.25) is 11.8 Å². The molecule has 5 nitrogen and oxygen atoms in total. The van der Waals surface area contributed by atoms with Gasteiger partial charge in [0.05, 0.1) is 0 Å². The van der Waals surface area contributed by atoms with Gasteiger partial charge in [0.25, 0.3) is 0 Å². The lowest BCUT2D eigenvalue weighted by atomic mass is 9.99. The Hall–Kier alpha value is -2.04. The molecule has 0 spiro atoms. The van der Waals surface area contributed by atoms with E-state index >= 15 is 0 Å². The van der Waals surface area contributed by atoms with Crippen molar-refractivity contribution < 1.29 is 9.59 Å². The number of hydrogen-bond acceptors (Lipinski definition) is 3. The fraction of sp³-hybridized carbons (Fsp3) is 0.619. The number of piperidine rings is 1. The molecule has 0 bridgehead atoms. The highest BCUT2D eigenvalue weighted by molar-refractivity contribution is 6.13. The molecular formula is C21H31N3O2. The number of rotatable bonds is 6. The Kier molecular flexibility index (Phi) is 5.54. The third-order valence-electron chi connectivity index (χ3n) is 5.88. The number of nitrogens with one attached hydrogen (secondary N) is 2. The number of benzene rings is 1. The molecule has 1 aromatic rings. The van der Waals surface area contributed by atoms with Crippen LogP contribution in [-0.4, -0.2) is 30.9 Å². The van der Waals surface area contributed by atoms with Crippen LogP contribution in [0.25, 0.3) is 0 Å². The molecule has 1 saturated heterocycles. The number of amides is 2. The molecule has 1 aromatic carbocycles. The van der Waals surface area contributed by atoms with Gasteiger partial charge in [-0.3, -0.25) is 9.59 Å². The number of anilines is 2. The van der Waals surface area contributed by atoms with Crippen molar-refractivity contribution in [2.75, 3.05) is 23.3 Å². The molecule has 1 aliphatic carbocycles. The van der Waals surface area contributed by atoms with Gasteiger partial charge < -0.3 is 15.5 Å². The molecule has 26 heavy (non-hydrogen) atoms. The molecule has 1 atom stereocenters. The van der Waals surface area contributed by atoms with Crippen LogP contribution in [0.2, 0.25) is 0 Å². The number of nitrogens with zero attached hydrogens (tertiary/aromatic N) is 1. The molecule has 1 aliphatic heterocycles. The topological polar surface area (TPSA) is 61.4 Å². The normalized spacial score (nSPS) is 20.3. The van der Waals surface area contributed by atoms with E-state index in [2.05, 4.69) is 34.6 Å². The van der Waals surface area contributed by atoms with Gasteiger partial charge in [0, 0.05) is 30.5 Å². The summed E-state index contributed by atoms with van der Waals surface area (Å²) >= 11 is 0. The van der Waals surface area contributed by atoms with Crippen LogP contribution in [0.5, 0.6) is 0 Å². The summed E-state index contributed by atoms with van der Waals surface area (Å²) in [6.07, 6.45) is 4.58. The van der Waals surface area contributed by atoms with Crippen LogP contribution in [0, 0.1) is 11.3 Å². The molecule has 2 amide bonds. The van der Waals surface area contributed by atoms with Gasteiger partial charge in [-0.05, 0) is 69.2 Å². The van der Waals surface area contributed by atoms with Crippen LogP contribution < -0.4 is 15.5 Å². The SMILES string of the molecule is CCC(C)NC(=O)C1(C(=O)Nc2ccc(N3CCC(C)CC3)cc2)CC1. The minimum Gasteiger partial charge on any atom is -0.372 e. The van der Waals surface area contributed by atoms with E-state index in [9.17, 15) is 9.59 Å². The Morgan fingerprint density at radius 1 is 1.15 bits per heavy atom. The molecule has 5 heteroatoms. The second kappa shape index (κ2) is 7.68. The molecule has 2 fully saturated rings. The van der Waals surface area contributed by atoms with E-state index in [1.165, 1.54) is 18.5 Å². The smallest absolute Gasteiger partial charge is 0.240 e. The first-order chi connectivity index (χ1) is 12.4. The maximum atomic E-state index is 12.6. The van der Waals surface area contributed by atoms with Crippen LogP contribution in [-0.2, 0) is 9.59 Å². The number of carbonyl (C=O) groups is 2. The Labute approximate surface area is 156 Å². The lowest BCUT2D eigenvalue weighted by Gasteiger charge is -2.32. The first kappa shape index (κ1) is 18.7. The molecule has 142 valence electrons. The van der Waals surface area contributed by atoms with Crippen molar-refractivity contribution in [1.82, 2.24) is 5.32 Å². The van der Waals surface area contributed by atoms with Gasteiger partial charge in [0.15, 0.2) is 0 Å². The second-order valence-corrected chi connectivity index (χ2v) is 8.04.